The minimum Gasteiger partial charge on any atom is -0.378 e. The summed E-state index contributed by atoms with van der Waals surface area (Å²) in [6.45, 7) is 4.84. The van der Waals surface area contributed by atoms with Crippen LogP contribution < -0.4 is 10.6 Å². The average molecular weight is 423 g/mol. The highest BCUT2D eigenvalue weighted by Gasteiger charge is 2.19. The molecule has 2 N–H and O–H groups in total. The van der Waals surface area contributed by atoms with Crippen molar-refractivity contribution in [2.24, 2.45) is 0 Å². The number of hydrogen-bond acceptors (Lipinski definition) is 5. The molecular formula is C20H27ClN4O4. The van der Waals surface area contributed by atoms with Gasteiger partial charge in [-0.2, -0.15) is 0 Å². The van der Waals surface area contributed by atoms with Gasteiger partial charge in [-0.15, -0.1) is 12.4 Å². The van der Waals surface area contributed by atoms with Gasteiger partial charge in [-0.3, -0.25) is 9.59 Å². The van der Waals surface area contributed by atoms with E-state index in [1.54, 1.807) is 0 Å². The summed E-state index contributed by atoms with van der Waals surface area (Å²) >= 11 is 0. The predicted octanol–water partition coefficient (Wildman–Crippen LogP) is 1.24. The zero-order valence-electron chi connectivity index (χ0n) is 16.3. The van der Waals surface area contributed by atoms with Crippen LogP contribution in [0.3, 0.4) is 0 Å². The van der Waals surface area contributed by atoms with Crippen LogP contribution in [0.2, 0.25) is 0 Å². The second-order valence-corrected chi connectivity index (χ2v) is 7.19. The number of benzene rings is 1. The SMILES string of the molecule is Cl.O=C(CC1COCCN1)Nc1ccc2c(ccn2CC(=O)N2CCOCC2)c1. The number of nitrogens with zero attached hydrogens (tertiary/aromatic N) is 2. The normalized spacial score (nSPS) is 19.6. The summed E-state index contributed by atoms with van der Waals surface area (Å²) in [5.74, 6) is 0.0599. The first kappa shape index (κ1) is 21.6. The molecule has 2 aliphatic heterocycles. The predicted molar refractivity (Wildman–Crippen MR) is 112 cm³/mol. The summed E-state index contributed by atoms with van der Waals surface area (Å²) in [7, 11) is 0. The number of ether oxygens (including phenoxy) is 2. The van der Waals surface area contributed by atoms with E-state index in [0.29, 0.717) is 52.5 Å². The van der Waals surface area contributed by atoms with Gasteiger partial charge in [-0.05, 0) is 24.3 Å². The highest BCUT2D eigenvalue weighted by atomic mass is 35.5. The fraction of sp³-hybridized carbons (Fsp3) is 0.500. The lowest BCUT2D eigenvalue weighted by molar-refractivity contribution is -0.135. The van der Waals surface area contributed by atoms with Gasteiger partial charge in [0.05, 0.1) is 26.4 Å². The van der Waals surface area contributed by atoms with Gasteiger partial charge in [0.25, 0.3) is 0 Å². The number of morpholine rings is 2. The van der Waals surface area contributed by atoms with Crippen molar-refractivity contribution in [3.63, 3.8) is 0 Å². The largest absolute Gasteiger partial charge is 0.378 e. The molecule has 2 saturated heterocycles. The minimum atomic E-state index is -0.0377. The van der Waals surface area contributed by atoms with E-state index in [1.165, 1.54) is 0 Å². The lowest BCUT2D eigenvalue weighted by atomic mass is 10.1. The third kappa shape index (κ3) is 5.48. The molecule has 1 unspecified atom stereocenters. The van der Waals surface area contributed by atoms with Gasteiger partial charge >= 0.3 is 0 Å². The van der Waals surface area contributed by atoms with Crippen LogP contribution in [-0.4, -0.2) is 73.4 Å². The summed E-state index contributed by atoms with van der Waals surface area (Å²) in [5, 5.41) is 7.22. The molecule has 0 spiro atoms. The van der Waals surface area contributed by atoms with E-state index < -0.39 is 0 Å². The number of carbonyl (C=O) groups is 2. The third-order valence-electron chi connectivity index (χ3n) is 5.15. The van der Waals surface area contributed by atoms with Crippen molar-refractivity contribution in [2.45, 2.75) is 19.0 Å². The van der Waals surface area contributed by atoms with Crippen LogP contribution in [0, 0.1) is 0 Å². The topological polar surface area (TPSA) is 84.8 Å². The Kier molecular flexibility index (Phi) is 7.49. The Labute approximate surface area is 175 Å². The summed E-state index contributed by atoms with van der Waals surface area (Å²) < 4.78 is 12.6. The molecule has 0 radical (unpaired) electrons. The first-order valence-electron chi connectivity index (χ1n) is 9.74. The van der Waals surface area contributed by atoms with Crippen molar-refractivity contribution in [3.05, 3.63) is 30.5 Å². The Morgan fingerprint density at radius 3 is 2.72 bits per heavy atom. The van der Waals surface area contributed by atoms with E-state index >= 15 is 0 Å². The monoisotopic (exact) mass is 422 g/mol. The van der Waals surface area contributed by atoms with Crippen LogP contribution in [0.15, 0.2) is 30.5 Å². The van der Waals surface area contributed by atoms with Gasteiger partial charge in [0, 0.05) is 54.9 Å². The van der Waals surface area contributed by atoms with Crippen LogP contribution in [0.5, 0.6) is 0 Å². The lowest BCUT2D eigenvalue weighted by Gasteiger charge is -2.27. The Morgan fingerprint density at radius 2 is 1.97 bits per heavy atom. The van der Waals surface area contributed by atoms with Crippen LogP contribution in [0.1, 0.15) is 6.42 Å². The van der Waals surface area contributed by atoms with Crippen molar-refractivity contribution in [3.8, 4) is 0 Å². The van der Waals surface area contributed by atoms with Gasteiger partial charge < -0.3 is 29.6 Å². The molecule has 2 aliphatic rings. The highest BCUT2D eigenvalue weighted by molar-refractivity contribution is 5.94. The second kappa shape index (κ2) is 10.1. The maximum absolute atomic E-state index is 12.5. The molecule has 1 atom stereocenters. The Hall–Kier alpha value is -2.13. The van der Waals surface area contributed by atoms with Crippen molar-refractivity contribution in [1.29, 1.82) is 0 Å². The van der Waals surface area contributed by atoms with Gasteiger partial charge in [-0.1, -0.05) is 0 Å². The number of nitrogens with one attached hydrogen (secondary N) is 2. The number of hydrogen-bond donors (Lipinski definition) is 2. The van der Waals surface area contributed by atoms with E-state index in [1.807, 2.05) is 39.9 Å². The number of anilines is 1. The molecular weight excluding hydrogens is 396 g/mol. The van der Waals surface area contributed by atoms with Gasteiger partial charge in [0.1, 0.15) is 6.54 Å². The van der Waals surface area contributed by atoms with Crippen molar-refractivity contribution in [1.82, 2.24) is 14.8 Å². The van der Waals surface area contributed by atoms with E-state index in [0.717, 1.165) is 23.1 Å². The summed E-state index contributed by atoms with van der Waals surface area (Å²) in [5.41, 5.74) is 1.73. The number of halogens is 1. The molecule has 2 amide bonds. The molecule has 0 bridgehead atoms. The zero-order chi connectivity index (χ0) is 19.3. The van der Waals surface area contributed by atoms with Crippen LogP contribution in [-0.2, 0) is 25.6 Å². The number of rotatable bonds is 5. The number of carbonyl (C=O) groups excluding carboxylic acids is 2. The van der Waals surface area contributed by atoms with Gasteiger partial charge in [-0.25, -0.2) is 0 Å². The first-order chi connectivity index (χ1) is 13.7. The summed E-state index contributed by atoms with van der Waals surface area (Å²) in [6.07, 6.45) is 2.30. The molecule has 2 aromatic rings. The van der Waals surface area contributed by atoms with Gasteiger partial charge in [0.2, 0.25) is 11.8 Å². The molecule has 1 aromatic heterocycles. The fourth-order valence-corrected chi connectivity index (χ4v) is 3.66. The number of fused-ring (bicyclic) bond motifs is 1. The molecule has 3 heterocycles. The van der Waals surface area contributed by atoms with Crippen LogP contribution in [0.4, 0.5) is 5.69 Å². The zero-order valence-corrected chi connectivity index (χ0v) is 17.1. The standard InChI is InChI=1S/C20H26N4O4.ClH/c25-19(12-17-14-28-8-4-21-17)22-16-1-2-18-15(11-16)3-5-24(18)13-20(26)23-6-9-27-10-7-23;/h1-3,5,11,17,21H,4,6-10,12-14H2,(H,22,25);1H. The number of aromatic nitrogens is 1. The minimum absolute atomic E-state index is 0. The summed E-state index contributed by atoms with van der Waals surface area (Å²) in [4.78, 5) is 26.6. The van der Waals surface area contributed by atoms with E-state index in [2.05, 4.69) is 10.6 Å². The molecule has 1 aromatic carbocycles. The van der Waals surface area contributed by atoms with Gasteiger partial charge in [0.15, 0.2) is 0 Å². The first-order valence-corrected chi connectivity index (χ1v) is 9.74. The maximum atomic E-state index is 12.5. The Bertz CT molecular complexity index is 844. The van der Waals surface area contributed by atoms with Crippen LogP contribution >= 0.6 is 12.4 Å². The molecule has 9 heteroatoms. The highest BCUT2D eigenvalue weighted by Crippen LogP contribution is 2.21. The molecule has 0 aliphatic carbocycles. The third-order valence-corrected chi connectivity index (χ3v) is 5.15. The number of amides is 2. The Balaban J connectivity index is 0.00000240. The molecule has 2 fully saturated rings. The van der Waals surface area contributed by atoms with Crippen LogP contribution in [0.25, 0.3) is 10.9 Å². The molecule has 0 saturated carbocycles. The van der Waals surface area contributed by atoms with Crippen molar-refractivity contribution >= 4 is 40.8 Å². The molecule has 4 rings (SSSR count). The van der Waals surface area contributed by atoms with Crippen molar-refractivity contribution in [2.75, 3.05) is 51.4 Å². The Morgan fingerprint density at radius 1 is 1.14 bits per heavy atom. The lowest BCUT2D eigenvalue weighted by Crippen LogP contribution is -2.43. The average Bonchev–Trinajstić information content (AvgIpc) is 3.11. The summed E-state index contributed by atoms with van der Waals surface area (Å²) in [6, 6.07) is 7.78. The smallest absolute Gasteiger partial charge is 0.242 e. The molecule has 158 valence electrons. The van der Waals surface area contributed by atoms with Crippen molar-refractivity contribution < 1.29 is 19.1 Å². The maximum Gasteiger partial charge on any atom is 0.242 e. The van der Waals surface area contributed by atoms with E-state index in [4.69, 9.17) is 9.47 Å². The fourth-order valence-electron chi connectivity index (χ4n) is 3.66. The quantitative estimate of drug-likeness (QED) is 0.757. The molecule has 29 heavy (non-hydrogen) atoms. The second-order valence-electron chi connectivity index (χ2n) is 7.19. The molecule has 8 nitrogen and oxygen atoms in total. The van der Waals surface area contributed by atoms with E-state index in [9.17, 15) is 9.59 Å². The van der Waals surface area contributed by atoms with E-state index in [-0.39, 0.29) is 30.3 Å².